The van der Waals surface area contributed by atoms with Crippen molar-refractivity contribution in [3.8, 4) is 10.6 Å². The molecule has 1 aromatic heterocycles. The van der Waals surface area contributed by atoms with Gasteiger partial charge in [0.15, 0.2) is 0 Å². The number of rotatable bonds is 1. The molecule has 0 unspecified atom stereocenters. The van der Waals surface area contributed by atoms with Crippen LogP contribution in [0, 0.1) is 5.82 Å². The predicted molar refractivity (Wildman–Crippen MR) is 70.0 cm³/mol. The highest BCUT2D eigenvalue weighted by atomic mass is 35.5. The van der Waals surface area contributed by atoms with Crippen LogP contribution in [-0.2, 0) is 0 Å². The number of hydrogen-bond acceptors (Lipinski definition) is 2. The Morgan fingerprint density at radius 1 is 1.06 bits per heavy atom. The summed E-state index contributed by atoms with van der Waals surface area (Å²) in [7, 11) is 0. The SMILES string of the molecule is Fc1ccc(-c2nc3c(Cl)cccc3s2)cc1. The first-order valence-corrected chi connectivity index (χ1v) is 6.24. The molecule has 0 radical (unpaired) electrons. The second kappa shape index (κ2) is 4.09. The Hall–Kier alpha value is -1.45. The van der Waals surface area contributed by atoms with Crippen molar-refractivity contribution in [1.82, 2.24) is 4.98 Å². The van der Waals surface area contributed by atoms with E-state index in [0.717, 1.165) is 20.8 Å². The molecule has 1 nitrogen and oxygen atoms in total. The molecule has 0 N–H and O–H groups in total. The lowest BCUT2D eigenvalue weighted by Crippen LogP contribution is -1.77. The summed E-state index contributed by atoms with van der Waals surface area (Å²) in [6.45, 7) is 0. The Morgan fingerprint density at radius 2 is 1.82 bits per heavy atom. The van der Waals surface area contributed by atoms with Gasteiger partial charge < -0.3 is 0 Å². The van der Waals surface area contributed by atoms with E-state index < -0.39 is 0 Å². The monoisotopic (exact) mass is 263 g/mol. The fourth-order valence-corrected chi connectivity index (χ4v) is 2.90. The molecule has 2 aromatic carbocycles. The van der Waals surface area contributed by atoms with Crippen LogP contribution in [0.15, 0.2) is 42.5 Å². The van der Waals surface area contributed by atoms with Gasteiger partial charge in [0.05, 0.1) is 9.72 Å². The highest BCUT2D eigenvalue weighted by Crippen LogP contribution is 2.33. The maximum atomic E-state index is 12.8. The average Bonchev–Trinajstić information content (AvgIpc) is 2.75. The summed E-state index contributed by atoms with van der Waals surface area (Å²) < 4.78 is 13.9. The summed E-state index contributed by atoms with van der Waals surface area (Å²) in [5, 5.41) is 1.50. The van der Waals surface area contributed by atoms with Gasteiger partial charge in [0.2, 0.25) is 0 Å². The van der Waals surface area contributed by atoms with Gasteiger partial charge in [-0.25, -0.2) is 9.37 Å². The zero-order chi connectivity index (χ0) is 11.8. The molecule has 0 atom stereocenters. The largest absolute Gasteiger partial charge is 0.234 e. The molecule has 0 spiro atoms. The van der Waals surface area contributed by atoms with Gasteiger partial charge in [-0.1, -0.05) is 17.7 Å². The van der Waals surface area contributed by atoms with E-state index in [4.69, 9.17) is 11.6 Å². The summed E-state index contributed by atoms with van der Waals surface area (Å²) in [4.78, 5) is 4.48. The Bertz CT molecular complexity index is 675. The first-order valence-electron chi connectivity index (χ1n) is 5.05. The molecule has 0 aliphatic carbocycles. The Balaban J connectivity index is 2.18. The number of nitrogens with zero attached hydrogens (tertiary/aromatic N) is 1. The molecule has 0 bridgehead atoms. The smallest absolute Gasteiger partial charge is 0.124 e. The van der Waals surface area contributed by atoms with Gasteiger partial charge in [0.25, 0.3) is 0 Å². The third kappa shape index (κ3) is 1.92. The van der Waals surface area contributed by atoms with Crippen molar-refractivity contribution in [3.63, 3.8) is 0 Å². The molecule has 0 aliphatic heterocycles. The molecule has 17 heavy (non-hydrogen) atoms. The number of para-hydroxylation sites is 1. The van der Waals surface area contributed by atoms with Crippen LogP contribution in [0.5, 0.6) is 0 Å². The van der Waals surface area contributed by atoms with Crippen LogP contribution in [-0.4, -0.2) is 4.98 Å². The van der Waals surface area contributed by atoms with Crippen molar-refractivity contribution in [2.75, 3.05) is 0 Å². The van der Waals surface area contributed by atoms with Gasteiger partial charge in [-0.2, -0.15) is 0 Å². The van der Waals surface area contributed by atoms with Gasteiger partial charge in [0.1, 0.15) is 16.3 Å². The van der Waals surface area contributed by atoms with E-state index in [2.05, 4.69) is 4.98 Å². The zero-order valence-electron chi connectivity index (χ0n) is 8.65. The summed E-state index contributed by atoms with van der Waals surface area (Å²) in [5.41, 5.74) is 1.71. The van der Waals surface area contributed by atoms with E-state index in [-0.39, 0.29) is 5.82 Å². The van der Waals surface area contributed by atoms with Gasteiger partial charge in [-0.05, 0) is 36.4 Å². The molecule has 1 heterocycles. The first-order chi connectivity index (χ1) is 8.24. The fourth-order valence-electron chi connectivity index (χ4n) is 1.63. The molecule has 84 valence electrons. The van der Waals surface area contributed by atoms with E-state index in [0.29, 0.717) is 5.02 Å². The normalized spacial score (nSPS) is 10.9. The molecule has 3 rings (SSSR count). The van der Waals surface area contributed by atoms with Crippen LogP contribution < -0.4 is 0 Å². The van der Waals surface area contributed by atoms with Crippen molar-refractivity contribution in [1.29, 1.82) is 0 Å². The van der Waals surface area contributed by atoms with Crippen molar-refractivity contribution < 1.29 is 4.39 Å². The summed E-state index contributed by atoms with van der Waals surface area (Å²) >= 11 is 7.62. The lowest BCUT2D eigenvalue weighted by atomic mass is 10.2. The maximum absolute atomic E-state index is 12.8. The number of thiazole rings is 1. The number of benzene rings is 2. The molecule has 0 amide bonds. The topological polar surface area (TPSA) is 12.9 Å². The molecule has 4 heteroatoms. The third-order valence-corrected chi connectivity index (χ3v) is 3.84. The standard InChI is InChI=1S/C13H7ClFNS/c14-10-2-1-3-11-12(10)16-13(17-11)8-4-6-9(15)7-5-8/h1-7H. The Kier molecular flexibility index (Phi) is 2.57. The van der Waals surface area contributed by atoms with Gasteiger partial charge in [0, 0.05) is 5.56 Å². The summed E-state index contributed by atoms with van der Waals surface area (Å²) in [6, 6.07) is 12.0. The van der Waals surface area contributed by atoms with Crippen LogP contribution in [0.4, 0.5) is 4.39 Å². The minimum absolute atomic E-state index is 0.243. The van der Waals surface area contributed by atoms with E-state index in [1.54, 1.807) is 23.5 Å². The van der Waals surface area contributed by atoms with Crippen LogP contribution in [0.2, 0.25) is 5.02 Å². The van der Waals surface area contributed by atoms with Crippen LogP contribution in [0.1, 0.15) is 0 Å². The molecule has 0 aliphatic rings. The van der Waals surface area contributed by atoms with Crippen LogP contribution >= 0.6 is 22.9 Å². The molecule has 0 saturated heterocycles. The second-order valence-electron chi connectivity index (χ2n) is 3.61. The number of fused-ring (bicyclic) bond motifs is 1. The molecule has 0 saturated carbocycles. The average molecular weight is 264 g/mol. The zero-order valence-corrected chi connectivity index (χ0v) is 10.2. The number of aromatic nitrogens is 1. The van der Waals surface area contributed by atoms with Gasteiger partial charge in [-0.15, -0.1) is 11.3 Å². The van der Waals surface area contributed by atoms with Gasteiger partial charge in [-0.3, -0.25) is 0 Å². The fraction of sp³-hybridized carbons (Fsp3) is 0. The molecule has 3 aromatic rings. The van der Waals surface area contributed by atoms with Crippen molar-refractivity contribution >= 4 is 33.2 Å². The van der Waals surface area contributed by atoms with E-state index in [1.165, 1.54) is 12.1 Å². The number of hydrogen-bond donors (Lipinski definition) is 0. The van der Waals surface area contributed by atoms with E-state index >= 15 is 0 Å². The van der Waals surface area contributed by atoms with Crippen molar-refractivity contribution in [2.45, 2.75) is 0 Å². The van der Waals surface area contributed by atoms with E-state index in [1.807, 2.05) is 18.2 Å². The van der Waals surface area contributed by atoms with Crippen molar-refractivity contribution in [3.05, 3.63) is 53.3 Å². The minimum Gasteiger partial charge on any atom is -0.234 e. The molecule has 0 fully saturated rings. The van der Waals surface area contributed by atoms with Crippen LogP contribution in [0.25, 0.3) is 20.8 Å². The highest BCUT2D eigenvalue weighted by Gasteiger charge is 2.08. The number of halogens is 2. The summed E-state index contributed by atoms with van der Waals surface area (Å²) in [6.07, 6.45) is 0. The predicted octanol–water partition coefficient (Wildman–Crippen LogP) is 4.76. The first kappa shape index (κ1) is 10.7. The lowest BCUT2D eigenvalue weighted by molar-refractivity contribution is 0.628. The molecular formula is C13H7ClFNS. The minimum atomic E-state index is -0.243. The highest BCUT2D eigenvalue weighted by molar-refractivity contribution is 7.21. The van der Waals surface area contributed by atoms with E-state index in [9.17, 15) is 4.39 Å². The third-order valence-electron chi connectivity index (χ3n) is 2.46. The molecular weight excluding hydrogens is 257 g/mol. The maximum Gasteiger partial charge on any atom is 0.124 e. The Morgan fingerprint density at radius 3 is 2.53 bits per heavy atom. The van der Waals surface area contributed by atoms with Crippen molar-refractivity contribution in [2.24, 2.45) is 0 Å². The summed E-state index contributed by atoms with van der Waals surface area (Å²) in [5.74, 6) is -0.243. The quantitative estimate of drug-likeness (QED) is 0.617. The van der Waals surface area contributed by atoms with Crippen LogP contribution in [0.3, 0.4) is 0 Å². The Labute approximate surface area is 106 Å². The lowest BCUT2D eigenvalue weighted by Gasteiger charge is -1.94. The van der Waals surface area contributed by atoms with Gasteiger partial charge >= 0.3 is 0 Å². The second-order valence-corrected chi connectivity index (χ2v) is 5.05.